The van der Waals surface area contributed by atoms with Gasteiger partial charge < -0.3 is 14.4 Å². The molecule has 7 nitrogen and oxygen atoms in total. The number of benzene rings is 2. The third-order valence-electron chi connectivity index (χ3n) is 5.40. The largest absolute Gasteiger partial charge is 0.497 e. The van der Waals surface area contributed by atoms with E-state index in [9.17, 15) is 4.79 Å². The molecule has 0 N–H and O–H groups in total. The Bertz CT molecular complexity index is 1030. The molecular formula is C24H28N4O3S. The average molecular weight is 453 g/mol. The molecule has 0 saturated carbocycles. The molecule has 0 aliphatic carbocycles. The Balaban J connectivity index is 1.68. The van der Waals surface area contributed by atoms with E-state index in [-0.39, 0.29) is 11.9 Å². The fourth-order valence-corrected chi connectivity index (χ4v) is 4.96. The second-order valence-electron chi connectivity index (χ2n) is 7.84. The summed E-state index contributed by atoms with van der Waals surface area (Å²) in [6.45, 7) is 6.56. The molecule has 1 aliphatic rings. The molecule has 2 aromatic carbocycles. The maximum Gasteiger partial charge on any atom is 0.240 e. The van der Waals surface area contributed by atoms with Crippen molar-refractivity contribution in [3.63, 3.8) is 0 Å². The van der Waals surface area contributed by atoms with Gasteiger partial charge in [0.15, 0.2) is 11.0 Å². The van der Waals surface area contributed by atoms with E-state index in [1.165, 1.54) is 11.8 Å². The molecule has 8 heteroatoms. The van der Waals surface area contributed by atoms with Crippen LogP contribution in [0.15, 0.2) is 59.8 Å². The number of rotatable bonds is 7. The molecule has 168 valence electrons. The Morgan fingerprint density at radius 2 is 1.72 bits per heavy atom. The number of amides is 1. The van der Waals surface area contributed by atoms with Crippen molar-refractivity contribution in [2.24, 2.45) is 0 Å². The molecule has 0 radical (unpaired) electrons. The van der Waals surface area contributed by atoms with Crippen LogP contribution in [0.5, 0.6) is 5.75 Å². The summed E-state index contributed by atoms with van der Waals surface area (Å²) in [5.74, 6) is 1.64. The lowest BCUT2D eigenvalue weighted by atomic mass is 10.1. The highest BCUT2D eigenvalue weighted by Crippen LogP contribution is 2.38. The lowest BCUT2D eigenvalue weighted by Gasteiger charge is -2.30. The SMILES string of the molecule is COc1ccc(-c2nnc(SC(C(=O)N3CCOCC3)c3ccccc3)n2C(C)C)cc1. The summed E-state index contributed by atoms with van der Waals surface area (Å²) in [4.78, 5) is 15.4. The van der Waals surface area contributed by atoms with E-state index in [4.69, 9.17) is 9.47 Å². The van der Waals surface area contributed by atoms with Gasteiger partial charge in [-0.2, -0.15) is 0 Å². The second kappa shape index (κ2) is 10.2. The van der Waals surface area contributed by atoms with Gasteiger partial charge in [0.1, 0.15) is 11.0 Å². The van der Waals surface area contributed by atoms with Crippen molar-refractivity contribution in [3.8, 4) is 17.1 Å². The Kier molecular flexibility index (Phi) is 7.12. The Hall–Kier alpha value is -2.84. The van der Waals surface area contributed by atoms with Gasteiger partial charge in [-0.05, 0) is 43.7 Å². The van der Waals surface area contributed by atoms with Gasteiger partial charge in [-0.15, -0.1) is 10.2 Å². The van der Waals surface area contributed by atoms with Gasteiger partial charge in [0, 0.05) is 24.7 Å². The maximum absolute atomic E-state index is 13.5. The predicted octanol–water partition coefficient (Wildman–Crippen LogP) is 4.23. The van der Waals surface area contributed by atoms with Crippen molar-refractivity contribution in [2.75, 3.05) is 33.4 Å². The van der Waals surface area contributed by atoms with Crippen molar-refractivity contribution in [3.05, 3.63) is 60.2 Å². The van der Waals surface area contributed by atoms with E-state index in [1.54, 1.807) is 7.11 Å². The number of carbonyl (C=O) groups is 1. The molecule has 1 saturated heterocycles. The standard InChI is InChI=1S/C24H28N4O3S/c1-17(2)28-22(19-9-11-20(30-3)12-10-19)25-26-24(28)32-21(18-7-5-4-6-8-18)23(29)27-13-15-31-16-14-27/h4-12,17,21H,13-16H2,1-3H3. The summed E-state index contributed by atoms with van der Waals surface area (Å²) in [5, 5.41) is 9.31. The molecule has 0 bridgehead atoms. The van der Waals surface area contributed by atoms with E-state index >= 15 is 0 Å². The highest BCUT2D eigenvalue weighted by atomic mass is 32.2. The predicted molar refractivity (Wildman–Crippen MR) is 125 cm³/mol. The van der Waals surface area contributed by atoms with Gasteiger partial charge in [-0.1, -0.05) is 42.1 Å². The quantitative estimate of drug-likeness (QED) is 0.500. The molecule has 2 heterocycles. The van der Waals surface area contributed by atoms with Crippen molar-refractivity contribution in [1.82, 2.24) is 19.7 Å². The molecule has 3 aromatic rings. The zero-order valence-corrected chi connectivity index (χ0v) is 19.4. The first-order valence-corrected chi connectivity index (χ1v) is 11.6. The highest BCUT2D eigenvalue weighted by molar-refractivity contribution is 8.00. The van der Waals surface area contributed by atoms with Crippen LogP contribution in [0.3, 0.4) is 0 Å². The van der Waals surface area contributed by atoms with Crippen LogP contribution in [0.4, 0.5) is 0 Å². The summed E-state index contributed by atoms with van der Waals surface area (Å²) >= 11 is 1.45. The summed E-state index contributed by atoms with van der Waals surface area (Å²) in [6, 6.07) is 17.8. The topological polar surface area (TPSA) is 69.5 Å². The van der Waals surface area contributed by atoms with Gasteiger partial charge in [-0.3, -0.25) is 9.36 Å². The molecular weight excluding hydrogens is 424 g/mol. The highest BCUT2D eigenvalue weighted by Gasteiger charge is 2.31. The van der Waals surface area contributed by atoms with E-state index in [1.807, 2.05) is 59.5 Å². The second-order valence-corrected chi connectivity index (χ2v) is 8.92. The summed E-state index contributed by atoms with van der Waals surface area (Å²) < 4.78 is 12.8. The number of methoxy groups -OCH3 is 1. The van der Waals surface area contributed by atoms with E-state index in [0.717, 1.165) is 27.9 Å². The van der Waals surface area contributed by atoms with Crippen LogP contribution >= 0.6 is 11.8 Å². The Labute approximate surface area is 192 Å². The van der Waals surface area contributed by atoms with Crippen molar-refractivity contribution in [2.45, 2.75) is 30.3 Å². The molecule has 1 atom stereocenters. The summed E-state index contributed by atoms with van der Waals surface area (Å²) in [6.07, 6.45) is 0. The number of thioether (sulfide) groups is 1. The minimum absolute atomic E-state index is 0.0776. The number of nitrogens with zero attached hydrogens (tertiary/aromatic N) is 4. The van der Waals surface area contributed by atoms with E-state index < -0.39 is 5.25 Å². The van der Waals surface area contributed by atoms with Crippen LogP contribution in [-0.4, -0.2) is 59.0 Å². The zero-order chi connectivity index (χ0) is 22.5. The van der Waals surface area contributed by atoms with E-state index in [0.29, 0.717) is 26.3 Å². The summed E-state index contributed by atoms with van der Waals surface area (Å²) in [5.41, 5.74) is 1.91. The van der Waals surface area contributed by atoms with Gasteiger partial charge >= 0.3 is 0 Å². The zero-order valence-electron chi connectivity index (χ0n) is 18.6. The minimum Gasteiger partial charge on any atom is -0.497 e. The van der Waals surface area contributed by atoms with Crippen molar-refractivity contribution in [1.29, 1.82) is 0 Å². The number of carbonyl (C=O) groups excluding carboxylic acids is 1. The molecule has 1 amide bonds. The normalized spacial score (nSPS) is 15.1. The van der Waals surface area contributed by atoms with Crippen LogP contribution in [0, 0.1) is 0 Å². The molecule has 32 heavy (non-hydrogen) atoms. The molecule has 1 fully saturated rings. The average Bonchev–Trinajstić information content (AvgIpc) is 3.27. The van der Waals surface area contributed by atoms with Crippen molar-refractivity contribution >= 4 is 17.7 Å². The van der Waals surface area contributed by atoms with Crippen LogP contribution in [0.25, 0.3) is 11.4 Å². The lowest BCUT2D eigenvalue weighted by Crippen LogP contribution is -2.42. The number of ether oxygens (including phenoxy) is 2. The Morgan fingerprint density at radius 3 is 2.34 bits per heavy atom. The number of morpholine rings is 1. The summed E-state index contributed by atoms with van der Waals surface area (Å²) in [7, 11) is 1.65. The van der Waals surface area contributed by atoms with Crippen LogP contribution in [0.1, 0.15) is 30.7 Å². The van der Waals surface area contributed by atoms with Crippen LogP contribution < -0.4 is 4.74 Å². The lowest BCUT2D eigenvalue weighted by molar-refractivity contribution is -0.134. The third-order valence-corrected chi connectivity index (χ3v) is 6.60. The first-order chi connectivity index (χ1) is 15.6. The maximum atomic E-state index is 13.5. The molecule has 1 unspecified atom stereocenters. The fraction of sp³-hybridized carbons (Fsp3) is 0.375. The smallest absolute Gasteiger partial charge is 0.240 e. The van der Waals surface area contributed by atoms with Crippen molar-refractivity contribution < 1.29 is 14.3 Å². The molecule has 1 aliphatic heterocycles. The molecule has 4 rings (SSSR count). The van der Waals surface area contributed by atoms with Gasteiger partial charge in [0.2, 0.25) is 5.91 Å². The third kappa shape index (κ3) is 4.81. The minimum atomic E-state index is -0.403. The number of hydrogen-bond acceptors (Lipinski definition) is 6. The van der Waals surface area contributed by atoms with Gasteiger partial charge in [0.05, 0.1) is 20.3 Å². The van der Waals surface area contributed by atoms with Gasteiger partial charge in [-0.25, -0.2) is 0 Å². The monoisotopic (exact) mass is 452 g/mol. The van der Waals surface area contributed by atoms with Gasteiger partial charge in [0.25, 0.3) is 0 Å². The number of aromatic nitrogens is 3. The van der Waals surface area contributed by atoms with E-state index in [2.05, 4.69) is 28.6 Å². The first-order valence-electron chi connectivity index (χ1n) is 10.8. The van der Waals surface area contributed by atoms with Crippen LogP contribution in [0.2, 0.25) is 0 Å². The fourth-order valence-electron chi connectivity index (χ4n) is 3.70. The molecule has 0 spiro atoms. The number of hydrogen-bond donors (Lipinski definition) is 0. The molecule has 1 aromatic heterocycles. The van der Waals surface area contributed by atoms with Crippen LogP contribution in [-0.2, 0) is 9.53 Å². The Morgan fingerprint density at radius 1 is 1.03 bits per heavy atom. The first kappa shape index (κ1) is 22.4.